The summed E-state index contributed by atoms with van der Waals surface area (Å²) in [4.78, 5) is 23.4. The van der Waals surface area contributed by atoms with Crippen LogP contribution < -0.4 is 5.32 Å². The standard InChI is InChI=1S/C73H141N2O6P/c1-6-8-10-12-14-16-18-20-22-24-26-28-29-30-31-32-33-34-35-36-37-38-39-40-41-42-43-44-45-47-49-51-53-55-57-59-61-63-65-67-73(77)74-71(70-81-82(78,79)80-69-68-75(3,4)5)72(76)66-64-62-60-58-56-54-52-50-48-46-27-25-23-21-19-17-15-13-11-9-7-2/h24,26,48,50,56,58,64,66,71-72,76H,6-23,25,27-47,49,51-55,57,59-63,65,67-70H2,1-5H3,(H-,74,77,78,79)/p+1/b26-24-,50-48+,58-56+,66-64+. The van der Waals surface area contributed by atoms with Gasteiger partial charge in [-0.15, -0.1) is 0 Å². The highest BCUT2D eigenvalue weighted by atomic mass is 31.2. The lowest BCUT2D eigenvalue weighted by molar-refractivity contribution is -0.870. The predicted molar refractivity (Wildman–Crippen MR) is 360 cm³/mol. The van der Waals surface area contributed by atoms with Gasteiger partial charge in [-0.25, -0.2) is 4.57 Å². The molecule has 0 aliphatic rings. The lowest BCUT2D eigenvalue weighted by atomic mass is 10.0. The number of nitrogens with one attached hydrogen (secondary N) is 1. The van der Waals surface area contributed by atoms with Gasteiger partial charge in [0.25, 0.3) is 0 Å². The number of allylic oxidation sites excluding steroid dienone is 7. The first kappa shape index (κ1) is 80.5. The topological polar surface area (TPSA) is 105 Å². The highest BCUT2D eigenvalue weighted by molar-refractivity contribution is 7.47. The zero-order valence-electron chi connectivity index (χ0n) is 55.5. The van der Waals surface area contributed by atoms with Crippen molar-refractivity contribution in [3.63, 3.8) is 0 Å². The second-order valence-corrected chi connectivity index (χ2v) is 27.4. The second-order valence-electron chi connectivity index (χ2n) is 25.9. The minimum absolute atomic E-state index is 0.0547. The Kier molecular flexibility index (Phi) is 62.7. The number of carbonyl (C=O) groups is 1. The van der Waals surface area contributed by atoms with Gasteiger partial charge in [-0.05, 0) is 70.6 Å². The van der Waals surface area contributed by atoms with Crippen LogP contribution in [0, 0.1) is 0 Å². The summed E-state index contributed by atoms with van der Waals surface area (Å²) in [5.74, 6) is -0.184. The van der Waals surface area contributed by atoms with Crippen molar-refractivity contribution < 1.29 is 32.9 Å². The molecule has 0 bridgehead atoms. The first-order chi connectivity index (χ1) is 40.0. The first-order valence-electron chi connectivity index (χ1n) is 36.0. The fourth-order valence-corrected chi connectivity index (χ4v) is 11.6. The number of carbonyl (C=O) groups excluding carboxylic acids is 1. The third-order valence-corrected chi connectivity index (χ3v) is 17.5. The van der Waals surface area contributed by atoms with E-state index < -0.39 is 20.0 Å². The third-order valence-electron chi connectivity index (χ3n) is 16.5. The predicted octanol–water partition coefficient (Wildman–Crippen LogP) is 23.0. The van der Waals surface area contributed by atoms with E-state index in [9.17, 15) is 19.4 Å². The Bertz CT molecular complexity index is 1480. The second kappa shape index (κ2) is 63.9. The maximum absolute atomic E-state index is 13.0. The molecule has 0 saturated heterocycles. The van der Waals surface area contributed by atoms with Gasteiger partial charge in [0.2, 0.25) is 5.91 Å². The van der Waals surface area contributed by atoms with Crippen molar-refractivity contribution in [1.29, 1.82) is 0 Å². The van der Waals surface area contributed by atoms with E-state index in [1.165, 1.54) is 295 Å². The van der Waals surface area contributed by atoms with Crippen LogP contribution in [-0.4, -0.2) is 73.4 Å². The number of quaternary nitrogens is 1. The van der Waals surface area contributed by atoms with Gasteiger partial charge >= 0.3 is 7.82 Å². The van der Waals surface area contributed by atoms with Crippen molar-refractivity contribution >= 4 is 13.7 Å². The fourth-order valence-electron chi connectivity index (χ4n) is 10.9. The molecule has 0 spiro atoms. The summed E-state index contributed by atoms with van der Waals surface area (Å²) in [5, 5.41) is 14.0. The largest absolute Gasteiger partial charge is 0.472 e. The Morgan fingerprint density at radius 1 is 0.402 bits per heavy atom. The highest BCUT2D eigenvalue weighted by Crippen LogP contribution is 2.43. The molecule has 9 heteroatoms. The summed E-state index contributed by atoms with van der Waals surface area (Å²) in [6, 6.07) is -0.870. The van der Waals surface area contributed by atoms with Crippen LogP contribution >= 0.6 is 7.82 Å². The van der Waals surface area contributed by atoms with Crippen LogP contribution in [0.2, 0.25) is 0 Å². The summed E-state index contributed by atoms with van der Waals surface area (Å²) in [7, 11) is 1.56. The monoisotopic (exact) mass is 1170 g/mol. The normalized spacial score (nSPS) is 13.9. The molecular weight excluding hydrogens is 1030 g/mol. The van der Waals surface area contributed by atoms with Gasteiger partial charge < -0.3 is 19.8 Å². The molecule has 0 saturated carbocycles. The van der Waals surface area contributed by atoms with Gasteiger partial charge in [0.1, 0.15) is 13.2 Å². The van der Waals surface area contributed by atoms with Gasteiger partial charge in [-0.3, -0.25) is 13.8 Å². The molecule has 0 rings (SSSR count). The van der Waals surface area contributed by atoms with E-state index in [0.717, 1.165) is 44.9 Å². The van der Waals surface area contributed by atoms with Crippen molar-refractivity contribution in [1.82, 2.24) is 5.32 Å². The van der Waals surface area contributed by atoms with Crippen LogP contribution in [0.5, 0.6) is 0 Å². The number of hydrogen-bond acceptors (Lipinski definition) is 5. The number of amides is 1. The van der Waals surface area contributed by atoms with E-state index in [0.29, 0.717) is 17.4 Å². The molecule has 0 aromatic heterocycles. The molecule has 82 heavy (non-hydrogen) atoms. The van der Waals surface area contributed by atoms with Gasteiger partial charge in [-0.2, -0.15) is 0 Å². The minimum Gasteiger partial charge on any atom is -0.387 e. The van der Waals surface area contributed by atoms with E-state index in [2.05, 4.69) is 55.6 Å². The lowest BCUT2D eigenvalue weighted by Gasteiger charge is -2.25. The Morgan fingerprint density at radius 3 is 0.976 bits per heavy atom. The summed E-state index contributed by atoms with van der Waals surface area (Å²) in [6.45, 7) is 4.83. The molecule has 3 N–H and O–H groups in total. The van der Waals surface area contributed by atoms with Gasteiger partial charge in [0, 0.05) is 6.42 Å². The zero-order valence-corrected chi connectivity index (χ0v) is 56.4. The van der Waals surface area contributed by atoms with Crippen LogP contribution in [0.3, 0.4) is 0 Å². The van der Waals surface area contributed by atoms with Crippen LogP contribution in [0.4, 0.5) is 0 Å². The van der Waals surface area contributed by atoms with Crippen molar-refractivity contribution in [2.24, 2.45) is 0 Å². The number of phosphoric ester groups is 1. The molecule has 0 radical (unpaired) electrons. The lowest BCUT2D eigenvalue weighted by Crippen LogP contribution is -2.45. The van der Waals surface area contributed by atoms with Crippen LogP contribution in [0.1, 0.15) is 361 Å². The molecule has 3 atom stereocenters. The fraction of sp³-hybridized carbons (Fsp3) is 0.877. The van der Waals surface area contributed by atoms with E-state index in [1.54, 1.807) is 6.08 Å². The Hall–Kier alpha value is -1.54. The summed E-state index contributed by atoms with van der Waals surface area (Å²) >= 11 is 0. The van der Waals surface area contributed by atoms with Crippen molar-refractivity contribution in [3.8, 4) is 0 Å². The van der Waals surface area contributed by atoms with E-state index in [4.69, 9.17) is 9.05 Å². The minimum atomic E-state index is -4.36. The van der Waals surface area contributed by atoms with Crippen LogP contribution in [-0.2, 0) is 18.4 Å². The van der Waals surface area contributed by atoms with E-state index in [-0.39, 0.29) is 19.1 Å². The maximum Gasteiger partial charge on any atom is 0.472 e. The molecule has 0 heterocycles. The average molecular weight is 1170 g/mol. The molecule has 484 valence electrons. The first-order valence-corrected chi connectivity index (χ1v) is 37.5. The summed E-state index contributed by atoms with van der Waals surface area (Å²) in [6.07, 6.45) is 87.2. The van der Waals surface area contributed by atoms with Gasteiger partial charge in [0.15, 0.2) is 0 Å². The third kappa shape index (κ3) is 66.0. The summed E-state index contributed by atoms with van der Waals surface area (Å²) in [5.41, 5.74) is 0. The van der Waals surface area contributed by atoms with Gasteiger partial charge in [0.05, 0.1) is 39.9 Å². The maximum atomic E-state index is 13.0. The number of rotatable bonds is 67. The molecule has 3 unspecified atom stereocenters. The van der Waals surface area contributed by atoms with E-state index in [1.807, 2.05) is 27.2 Å². The number of phosphoric acid groups is 1. The Labute approximate surface area is 511 Å². The number of likely N-dealkylation sites (N-methyl/N-ethyl adjacent to an activating group) is 1. The molecule has 0 aromatic rings. The molecular formula is C73H142N2O6P+. The average Bonchev–Trinajstić information content (AvgIpc) is 3.46. The Morgan fingerprint density at radius 2 is 0.671 bits per heavy atom. The molecule has 8 nitrogen and oxygen atoms in total. The van der Waals surface area contributed by atoms with E-state index >= 15 is 0 Å². The van der Waals surface area contributed by atoms with Crippen molar-refractivity contribution in [2.75, 3.05) is 40.9 Å². The quantitative estimate of drug-likeness (QED) is 0.0243. The number of aliphatic hydroxyl groups is 1. The SMILES string of the molecule is CCCCCCCCCC/C=C\CCCCCCCCCCCCCCCCCCCCCCCCCCCCCC(=O)NC(COP(=O)(O)OCC[N+](C)(C)C)C(O)/C=C/CC/C=C/CC/C=C/CCCCCCCCCCCCC. The Balaban J connectivity index is 3.96. The molecule has 0 aromatic carbocycles. The number of hydrogen-bond donors (Lipinski definition) is 3. The molecule has 0 aliphatic heterocycles. The molecule has 0 aliphatic carbocycles. The zero-order chi connectivity index (χ0) is 59.8. The molecule has 1 amide bonds. The highest BCUT2D eigenvalue weighted by Gasteiger charge is 2.28. The summed E-state index contributed by atoms with van der Waals surface area (Å²) < 4.78 is 23.8. The van der Waals surface area contributed by atoms with Crippen molar-refractivity contribution in [3.05, 3.63) is 48.6 Å². The van der Waals surface area contributed by atoms with Gasteiger partial charge in [-0.1, -0.05) is 332 Å². The van der Waals surface area contributed by atoms with Crippen LogP contribution in [0.25, 0.3) is 0 Å². The number of unbranched alkanes of at least 4 members (excludes halogenated alkanes) is 48. The van der Waals surface area contributed by atoms with Crippen molar-refractivity contribution in [2.45, 2.75) is 373 Å². The number of nitrogens with zero attached hydrogens (tertiary/aromatic N) is 1. The molecule has 0 fully saturated rings. The van der Waals surface area contributed by atoms with Crippen LogP contribution in [0.15, 0.2) is 48.6 Å². The number of aliphatic hydroxyl groups excluding tert-OH is 1. The smallest absolute Gasteiger partial charge is 0.387 e.